The molecule has 0 fully saturated rings. The molecule has 2 aromatic rings. The minimum absolute atomic E-state index is 0. The largest absolute Gasteiger partial charge is 0.338 e. The lowest BCUT2D eigenvalue weighted by atomic mass is 10.1. The molecule has 0 amide bonds. The topological polar surface area (TPSA) is 64.9 Å². The highest BCUT2D eigenvalue weighted by atomic mass is 35.5. The Hall–Kier alpha value is -1.46. The van der Waals surface area contributed by atoms with Crippen molar-refractivity contribution in [2.75, 3.05) is 0 Å². The van der Waals surface area contributed by atoms with Gasteiger partial charge in [0.2, 0.25) is 5.89 Å². The molecule has 0 radical (unpaired) electrons. The second kappa shape index (κ2) is 5.75. The molecule has 0 saturated heterocycles. The minimum atomic E-state index is -0.284. The van der Waals surface area contributed by atoms with Crippen molar-refractivity contribution in [1.82, 2.24) is 10.1 Å². The van der Waals surface area contributed by atoms with E-state index in [4.69, 9.17) is 10.3 Å². The predicted octanol–water partition coefficient (Wildman–Crippen LogP) is 2.24. The maximum atomic E-state index is 12.9. The summed E-state index contributed by atoms with van der Waals surface area (Å²) in [4.78, 5) is 4.11. The van der Waals surface area contributed by atoms with E-state index in [1.165, 1.54) is 12.1 Å². The third-order valence-electron chi connectivity index (χ3n) is 2.12. The van der Waals surface area contributed by atoms with Crippen LogP contribution in [0.1, 0.15) is 30.2 Å². The van der Waals surface area contributed by atoms with Crippen molar-refractivity contribution >= 4 is 12.4 Å². The van der Waals surface area contributed by atoms with Crippen molar-refractivity contribution < 1.29 is 8.91 Å². The number of halogens is 2. The molecule has 92 valence electrons. The van der Waals surface area contributed by atoms with Crippen molar-refractivity contribution in [3.63, 3.8) is 0 Å². The van der Waals surface area contributed by atoms with Crippen LogP contribution in [0.25, 0.3) is 0 Å². The van der Waals surface area contributed by atoms with Gasteiger partial charge in [-0.3, -0.25) is 0 Å². The van der Waals surface area contributed by atoms with Crippen LogP contribution in [0.5, 0.6) is 0 Å². The highest BCUT2D eigenvalue weighted by Gasteiger charge is 2.10. The van der Waals surface area contributed by atoms with E-state index in [1.807, 2.05) is 6.07 Å². The van der Waals surface area contributed by atoms with Gasteiger partial charge in [-0.2, -0.15) is 4.98 Å². The molecule has 0 spiro atoms. The Morgan fingerprint density at radius 2 is 2.24 bits per heavy atom. The Kier molecular flexibility index (Phi) is 4.60. The number of benzene rings is 1. The van der Waals surface area contributed by atoms with Crippen LogP contribution >= 0.6 is 12.4 Å². The van der Waals surface area contributed by atoms with Crippen LogP contribution in [0.3, 0.4) is 0 Å². The molecular weight excluding hydrogens is 245 g/mol. The summed E-state index contributed by atoms with van der Waals surface area (Å²) in [5.41, 5.74) is 6.39. The van der Waals surface area contributed by atoms with Crippen molar-refractivity contribution in [1.29, 1.82) is 0 Å². The van der Waals surface area contributed by atoms with E-state index in [2.05, 4.69) is 10.1 Å². The first kappa shape index (κ1) is 13.6. The Morgan fingerprint density at radius 3 is 2.82 bits per heavy atom. The number of hydrogen-bond acceptors (Lipinski definition) is 4. The molecule has 1 aromatic carbocycles. The number of nitrogens with zero attached hydrogens (tertiary/aromatic N) is 2. The number of nitrogens with two attached hydrogens (primary N) is 1. The fourth-order valence-corrected chi connectivity index (χ4v) is 1.35. The number of hydrogen-bond donors (Lipinski definition) is 1. The van der Waals surface area contributed by atoms with Gasteiger partial charge < -0.3 is 10.3 Å². The Balaban J connectivity index is 0.00000144. The second-order valence-electron chi connectivity index (χ2n) is 3.64. The van der Waals surface area contributed by atoms with E-state index < -0.39 is 0 Å². The third-order valence-corrected chi connectivity index (χ3v) is 2.12. The van der Waals surface area contributed by atoms with Crippen molar-refractivity contribution in [3.05, 3.63) is 47.4 Å². The monoisotopic (exact) mass is 257 g/mol. The average Bonchev–Trinajstić information content (AvgIpc) is 2.66. The summed E-state index contributed by atoms with van der Waals surface area (Å²) >= 11 is 0. The zero-order chi connectivity index (χ0) is 11.5. The summed E-state index contributed by atoms with van der Waals surface area (Å²) in [6.45, 7) is 1.76. The normalized spacial score (nSPS) is 11.9. The van der Waals surface area contributed by atoms with Crippen LogP contribution in [-0.4, -0.2) is 10.1 Å². The third kappa shape index (κ3) is 3.51. The van der Waals surface area contributed by atoms with Crippen LogP contribution in [-0.2, 0) is 6.42 Å². The fourth-order valence-electron chi connectivity index (χ4n) is 1.35. The van der Waals surface area contributed by atoms with Crippen LogP contribution in [0.15, 0.2) is 28.8 Å². The van der Waals surface area contributed by atoms with E-state index in [1.54, 1.807) is 13.0 Å². The lowest BCUT2D eigenvalue weighted by Crippen LogP contribution is -2.05. The first-order valence-corrected chi connectivity index (χ1v) is 4.97. The Morgan fingerprint density at radius 1 is 1.47 bits per heavy atom. The van der Waals surface area contributed by atoms with E-state index in [0.29, 0.717) is 18.1 Å². The first-order valence-electron chi connectivity index (χ1n) is 4.97. The predicted molar refractivity (Wildman–Crippen MR) is 63.4 cm³/mol. The lowest BCUT2D eigenvalue weighted by molar-refractivity contribution is 0.357. The zero-order valence-electron chi connectivity index (χ0n) is 9.26. The fraction of sp³-hybridized carbons (Fsp3) is 0.273. The second-order valence-corrected chi connectivity index (χ2v) is 3.64. The molecule has 6 heteroatoms. The van der Waals surface area contributed by atoms with E-state index >= 15 is 0 Å². The van der Waals surface area contributed by atoms with Crippen molar-refractivity contribution in [2.24, 2.45) is 5.73 Å². The Bertz CT molecular complexity index is 487. The maximum Gasteiger partial charge on any atom is 0.243 e. The van der Waals surface area contributed by atoms with Gasteiger partial charge in [-0.05, 0) is 24.6 Å². The molecule has 0 unspecified atom stereocenters. The SMILES string of the molecule is C[C@@H](N)c1nc(Cc2cccc(F)c2)no1.Cl. The molecule has 1 aromatic heterocycles. The number of rotatable bonds is 3. The van der Waals surface area contributed by atoms with Gasteiger partial charge >= 0.3 is 0 Å². The van der Waals surface area contributed by atoms with Crippen LogP contribution in [0.2, 0.25) is 0 Å². The molecule has 1 heterocycles. The van der Waals surface area contributed by atoms with Gasteiger partial charge in [0.15, 0.2) is 5.82 Å². The standard InChI is InChI=1S/C11H12FN3O.ClH/c1-7(13)11-14-10(15-16-11)6-8-3-2-4-9(12)5-8;/h2-5,7H,6,13H2,1H3;1H/t7-;/m1./s1. The van der Waals surface area contributed by atoms with Crippen LogP contribution < -0.4 is 5.73 Å². The molecule has 4 nitrogen and oxygen atoms in total. The van der Waals surface area contributed by atoms with Gasteiger partial charge in [0, 0.05) is 6.42 Å². The molecule has 2 N–H and O–H groups in total. The molecule has 2 rings (SSSR count). The summed E-state index contributed by atoms with van der Waals surface area (Å²) in [5.74, 6) is 0.637. The van der Waals surface area contributed by atoms with Crippen molar-refractivity contribution in [3.8, 4) is 0 Å². The highest BCUT2D eigenvalue weighted by molar-refractivity contribution is 5.85. The van der Waals surface area contributed by atoms with Crippen LogP contribution in [0, 0.1) is 5.82 Å². The summed E-state index contributed by atoms with van der Waals surface area (Å²) in [5, 5.41) is 3.77. The first-order chi connectivity index (χ1) is 7.65. The van der Waals surface area contributed by atoms with Gasteiger partial charge in [0.1, 0.15) is 5.82 Å². The van der Waals surface area contributed by atoms with Crippen LogP contribution in [0.4, 0.5) is 4.39 Å². The zero-order valence-corrected chi connectivity index (χ0v) is 10.1. The molecule has 0 aliphatic rings. The van der Waals surface area contributed by atoms with Gasteiger partial charge in [-0.25, -0.2) is 4.39 Å². The van der Waals surface area contributed by atoms with Gasteiger partial charge in [0.05, 0.1) is 6.04 Å². The summed E-state index contributed by atoms with van der Waals surface area (Å²) in [6, 6.07) is 6.02. The van der Waals surface area contributed by atoms with Gasteiger partial charge in [-0.1, -0.05) is 17.3 Å². The summed E-state index contributed by atoms with van der Waals surface area (Å²) < 4.78 is 17.9. The van der Waals surface area contributed by atoms with E-state index in [9.17, 15) is 4.39 Å². The quantitative estimate of drug-likeness (QED) is 0.916. The van der Waals surface area contributed by atoms with Gasteiger partial charge in [0.25, 0.3) is 0 Å². The molecule has 0 bridgehead atoms. The molecule has 1 atom stereocenters. The Labute approximate surface area is 104 Å². The average molecular weight is 258 g/mol. The molecule has 0 aliphatic heterocycles. The number of aromatic nitrogens is 2. The maximum absolute atomic E-state index is 12.9. The van der Waals surface area contributed by atoms with Gasteiger partial charge in [-0.15, -0.1) is 12.4 Å². The van der Waals surface area contributed by atoms with Crippen molar-refractivity contribution in [2.45, 2.75) is 19.4 Å². The molecule has 0 aliphatic carbocycles. The molecule has 17 heavy (non-hydrogen) atoms. The molecular formula is C11H13ClFN3O. The molecule has 0 saturated carbocycles. The summed E-state index contributed by atoms with van der Waals surface area (Å²) in [7, 11) is 0. The lowest BCUT2D eigenvalue weighted by Gasteiger charge is -1.96. The minimum Gasteiger partial charge on any atom is -0.338 e. The van der Waals surface area contributed by atoms with E-state index in [0.717, 1.165) is 5.56 Å². The highest BCUT2D eigenvalue weighted by Crippen LogP contribution is 2.11. The smallest absolute Gasteiger partial charge is 0.243 e. The van der Waals surface area contributed by atoms with E-state index in [-0.39, 0.29) is 24.3 Å². The summed E-state index contributed by atoms with van der Waals surface area (Å²) in [6.07, 6.45) is 0.438.